The lowest BCUT2D eigenvalue weighted by Gasteiger charge is -2.08. The first kappa shape index (κ1) is 15.8. The topological polar surface area (TPSA) is 56.1 Å². The molecule has 24 heavy (non-hydrogen) atoms. The maximum absolute atomic E-state index is 12.2. The predicted molar refractivity (Wildman–Crippen MR) is 92.3 cm³/mol. The van der Waals surface area contributed by atoms with E-state index in [1.807, 2.05) is 43.5 Å². The summed E-state index contributed by atoms with van der Waals surface area (Å²) in [5, 5.41) is 7.14. The summed E-state index contributed by atoms with van der Waals surface area (Å²) in [5.74, 6) is 0.656. The van der Waals surface area contributed by atoms with Crippen LogP contribution in [0.5, 0.6) is 5.75 Å². The van der Waals surface area contributed by atoms with Crippen molar-refractivity contribution >= 4 is 5.91 Å². The van der Waals surface area contributed by atoms with Crippen molar-refractivity contribution in [2.45, 2.75) is 13.5 Å². The van der Waals surface area contributed by atoms with E-state index in [0.717, 1.165) is 17.0 Å². The molecule has 2 aromatic carbocycles. The average molecular weight is 321 g/mol. The SMILES string of the molecule is CCOc1ccc(C(=O)NCc2cccc(-n3cccn3)c2)cc1. The lowest BCUT2D eigenvalue weighted by molar-refractivity contribution is 0.0951. The second-order valence-corrected chi connectivity index (χ2v) is 5.26. The van der Waals surface area contributed by atoms with Crippen LogP contribution in [0.2, 0.25) is 0 Å². The number of ether oxygens (including phenoxy) is 1. The molecule has 1 N–H and O–H groups in total. The molecule has 0 atom stereocenters. The Bertz CT molecular complexity index is 796. The normalized spacial score (nSPS) is 10.4. The third kappa shape index (κ3) is 3.81. The Kier molecular flexibility index (Phi) is 4.91. The van der Waals surface area contributed by atoms with Gasteiger partial charge in [0.05, 0.1) is 12.3 Å². The van der Waals surface area contributed by atoms with Crippen LogP contribution in [0.3, 0.4) is 0 Å². The Morgan fingerprint density at radius 3 is 2.71 bits per heavy atom. The maximum Gasteiger partial charge on any atom is 0.251 e. The predicted octanol–water partition coefficient (Wildman–Crippen LogP) is 3.20. The summed E-state index contributed by atoms with van der Waals surface area (Å²) in [6.45, 7) is 3.00. The molecule has 5 nitrogen and oxygen atoms in total. The summed E-state index contributed by atoms with van der Waals surface area (Å²) in [4.78, 5) is 12.2. The number of nitrogens with one attached hydrogen (secondary N) is 1. The van der Waals surface area contributed by atoms with Crippen molar-refractivity contribution in [3.63, 3.8) is 0 Å². The zero-order valence-electron chi connectivity index (χ0n) is 13.5. The Labute approximate surface area is 140 Å². The Balaban J connectivity index is 1.63. The third-order valence-corrected chi connectivity index (χ3v) is 3.56. The highest BCUT2D eigenvalue weighted by atomic mass is 16.5. The van der Waals surface area contributed by atoms with Crippen LogP contribution in [0.1, 0.15) is 22.8 Å². The van der Waals surface area contributed by atoms with E-state index in [9.17, 15) is 4.79 Å². The van der Waals surface area contributed by atoms with E-state index < -0.39 is 0 Å². The standard InChI is InChI=1S/C19H19N3O2/c1-2-24-18-9-7-16(8-10-18)19(23)20-14-15-5-3-6-17(13-15)22-12-4-11-21-22/h3-13H,2,14H2,1H3,(H,20,23). The molecule has 0 aliphatic carbocycles. The van der Waals surface area contributed by atoms with Gasteiger partial charge >= 0.3 is 0 Å². The molecule has 1 heterocycles. The van der Waals surface area contributed by atoms with Gasteiger partial charge in [0.2, 0.25) is 0 Å². The highest BCUT2D eigenvalue weighted by Gasteiger charge is 2.06. The average Bonchev–Trinajstić information content (AvgIpc) is 3.16. The number of nitrogens with zero attached hydrogens (tertiary/aromatic N) is 2. The quantitative estimate of drug-likeness (QED) is 0.758. The fourth-order valence-corrected chi connectivity index (χ4v) is 2.38. The van der Waals surface area contributed by atoms with E-state index in [0.29, 0.717) is 18.7 Å². The summed E-state index contributed by atoms with van der Waals surface area (Å²) in [7, 11) is 0. The van der Waals surface area contributed by atoms with Crippen molar-refractivity contribution in [1.82, 2.24) is 15.1 Å². The van der Waals surface area contributed by atoms with Gasteiger partial charge in [0.1, 0.15) is 5.75 Å². The van der Waals surface area contributed by atoms with Gasteiger partial charge in [-0.3, -0.25) is 4.79 Å². The Morgan fingerprint density at radius 2 is 2.00 bits per heavy atom. The molecule has 3 rings (SSSR count). The number of amides is 1. The van der Waals surface area contributed by atoms with E-state index in [-0.39, 0.29) is 5.91 Å². The second-order valence-electron chi connectivity index (χ2n) is 5.26. The zero-order chi connectivity index (χ0) is 16.8. The second kappa shape index (κ2) is 7.46. The number of benzene rings is 2. The number of carbonyl (C=O) groups excluding carboxylic acids is 1. The van der Waals surface area contributed by atoms with Crippen LogP contribution < -0.4 is 10.1 Å². The Morgan fingerprint density at radius 1 is 1.17 bits per heavy atom. The molecule has 0 aliphatic heterocycles. The first-order valence-electron chi connectivity index (χ1n) is 7.86. The van der Waals surface area contributed by atoms with Crippen LogP contribution >= 0.6 is 0 Å². The molecule has 0 unspecified atom stereocenters. The smallest absolute Gasteiger partial charge is 0.251 e. The van der Waals surface area contributed by atoms with Gasteiger partial charge in [-0.1, -0.05) is 12.1 Å². The molecule has 0 aliphatic rings. The summed E-state index contributed by atoms with van der Waals surface area (Å²) < 4.78 is 7.17. The van der Waals surface area contributed by atoms with Crippen molar-refractivity contribution in [2.75, 3.05) is 6.61 Å². The number of rotatable bonds is 6. The monoisotopic (exact) mass is 321 g/mol. The zero-order valence-corrected chi connectivity index (χ0v) is 13.5. The fraction of sp³-hybridized carbons (Fsp3) is 0.158. The fourth-order valence-electron chi connectivity index (χ4n) is 2.38. The van der Waals surface area contributed by atoms with Gasteiger partial charge in [-0.05, 0) is 55.0 Å². The lowest BCUT2D eigenvalue weighted by atomic mass is 10.1. The minimum absolute atomic E-state index is 0.109. The van der Waals surface area contributed by atoms with Gasteiger partial charge in [-0.15, -0.1) is 0 Å². The van der Waals surface area contributed by atoms with Crippen molar-refractivity contribution in [1.29, 1.82) is 0 Å². The molecular formula is C19H19N3O2. The van der Waals surface area contributed by atoms with Crippen LogP contribution in [0.4, 0.5) is 0 Å². The van der Waals surface area contributed by atoms with E-state index >= 15 is 0 Å². The Hall–Kier alpha value is -3.08. The molecule has 5 heteroatoms. The molecule has 0 bridgehead atoms. The van der Waals surface area contributed by atoms with E-state index in [4.69, 9.17) is 4.74 Å². The van der Waals surface area contributed by atoms with Crippen LogP contribution in [0.15, 0.2) is 67.0 Å². The number of hydrogen-bond donors (Lipinski definition) is 1. The van der Waals surface area contributed by atoms with Gasteiger partial charge in [0.15, 0.2) is 0 Å². The molecule has 3 aromatic rings. The van der Waals surface area contributed by atoms with E-state index in [1.165, 1.54) is 0 Å². The molecule has 1 amide bonds. The largest absolute Gasteiger partial charge is 0.494 e. The highest BCUT2D eigenvalue weighted by Crippen LogP contribution is 2.13. The molecule has 0 saturated heterocycles. The maximum atomic E-state index is 12.2. The van der Waals surface area contributed by atoms with Crippen molar-refractivity contribution < 1.29 is 9.53 Å². The molecule has 1 aromatic heterocycles. The molecule has 0 fully saturated rings. The summed E-state index contributed by atoms with van der Waals surface area (Å²) in [5.41, 5.74) is 2.59. The van der Waals surface area contributed by atoms with Crippen LogP contribution in [0, 0.1) is 0 Å². The third-order valence-electron chi connectivity index (χ3n) is 3.56. The van der Waals surface area contributed by atoms with Gasteiger partial charge in [0.25, 0.3) is 5.91 Å². The van der Waals surface area contributed by atoms with Gasteiger partial charge in [-0.25, -0.2) is 4.68 Å². The minimum Gasteiger partial charge on any atom is -0.494 e. The van der Waals surface area contributed by atoms with Gasteiger partial charge in [0, 0.05) is 24.5 Å². The summed E-state index contributed by atoms with van der Waals surface area (Å²) in [6.07, 6.45) is 3.62. The number of carbonyl (C=O) groups is 1. The summed E-state index contributed by atoms with van der Waals surface area (Å²) in [6, 6.07) is 16.9. The number of hydrogen-bond acceptors (Lipinski definition) is 3. The van der Waals surface area contributed by atoms with Crippen molar-refractivity contribution in [2.24, 2.45) is 0 Å². The van der Waals surface area contributed by atoms with Gasteiger partial charge < -0.3 is 10.1 Å². The first-order valence-corrected chi connectivity index (χ1v) is 7.86. The van der Waals surface area contributed by atoms with E-state index in [1.54, 1.807) is 35.1 Å². The minimum atomic E-state index is -0.109. The van der Waals surface area contributed by atoms with Crippen LogP contribution in [0.25, 0.3) is 5.69 Å². The summed E-state index contributed by atoms with van der Waals surface area (Å²) >= 11 is 0. The van der Waals surface area contributed by atoms with Crippen LogP contribution in [-0.2, 0) is 6.54 Å². The highest BCUT2D eigenvalue weighted by molar-refractivity contribution is 5.94. The first-order chi connectivity index (χ1) is 11.8. The molecule has 0 radical (unpaired) electrons. The van der Waals surface area contributed by atoms with Crippen molar-refractivity contribution in [3.05, 3.63) is 78.1 Å². The van der Waals surface area contributed by atoms with Gasteiger partial charge in [-0.2, -0.15) is 5.10 Å². The lowest BCUT2D eigenvalue weighted by Crippen LogP contribution is -2.22. The van der Waals surface area contributed by atoms with Crippen LogP contribution in [-0.4, -0.2) is 22.3 Å². The molecule has 122 valence electrons. The number of aromatic nitrogens is 2. The van der Waals surface area contributed by atoms with Crippen molar-refractivity contribution in [3.8, 4) is 11.4 Å². The molecular weight excluding hydrogens is 302 g/mol. The molecule has 0 saturated carbocycles. The molecule has 0 spiro atoms. The van der Waals surface area contributed by atoms with E-state index in [2.05, 4.69) is 10.4 Å².